The van der Waals surface area contributed by atoms with Crippen molar-refractivity contribution in [3.8, 4) is 5.75 Å². The van der Waals surface area contributed by atoms with E-state index in [-0.39, 0.29) is 17.9 Å². The summed E-state index contributed by atoms with van der Waals surface area (Å²) in [6.07, 6.45) is -0.851. The van der Waals surface area contributed by atoms with Crippen LogP contribution in [-0.4, -0.2) is 35.1 Å². The number of imide groups is 1. The van der Waals surface area contributed by atoms with Crippen molar-refractivity contribution in [1.29, 1.82) is 0 Å². The van der Waals surface area contributed by atoms with Crippen molar-refractivity contribution in [2.24, 2.45) is 0 Å². The molecule has 6 heteroatoms. The van der Waals surface area contributed by atoms with E-state index in [4.69, 9.17) is 16.3 Å². The van der Waals surface area contributed by atoms with Gasteiger partial charge >= 0.3 is 0 Å². The van der Waals surface area contributed by atoms with E-state index in [0.717, 1.165) is 4.90 Å². The Balaban J connectivity index is 1.91. The summed E-state index contributed by atoms with van der Waals surface area (Å²) in [7, 11) is 0. The van der Waals surface area contributed by atoms with E-state index in [9.17, 15) is 14.4 Å². The lowest BCUT2D eigenvalue weighted by Crippen LogP contribution is -2.44. The maximum absolute atomic E-state index is 12.7. The highest BCUT2D eigenvalue weighted by molar-refractivity contribution is 6.30. The first-order valence-corrected chi connectivity index (χ1v) is 7.75. The summed E-state index contributed by atoms with van der Waals surface area (Å²) in [5.41, 5.74) is 0.644. The van der Waals surface area contributed by atoms with Crippen molar-refractivity contribution in [2.75, 3.05) is 6.54 Å². The van der Waals surface area contributed by atoms with Crippen molar-refractivity contribution in [2.45, 2.75) is 13.0 Å². The molecule has 0 fully saturated rings. The molecule has 0 spiro atoms. The molecule has 1 unspecified atom stereocenters. The average Bonchev–Trinajstić information content (AvgIpc) is 2.66. The third-order valence-corrected chi connectivity index (χ3v) is 4.00. The number of carbonyl (C=O) groups is 3. The van der Waals surface area contributed by atoms with Gasteiger partial charge in [0.25, 0.3) is 11.8 Å². The largest absolute Gasteiger partial charge is 0.480 e. The number of benzene rings is 2. The zero-order valence-corrected chi connectivity index (χ0v) is 13.6. The van der Waals surface area contributed by atoms with Crippen LogP contribution in [0.5, 0.6) is 5.75 Å². The molecule has 0 N–H and O–H groups in total. The minimum absolute atomic E-state index is 0.263. The summed E-state index contributed by atoms with van der Waals surface area (Å²) in [4.78, 5) is 38.5. The zero-order chi connectivity index (χ0) is 17.3. The molecule has 0 bridgehead atoms. The van der Waals surface area contributed by atoms with Crippen LogP contribution >= 0.6 is 11.6 Å². The lowest BCUT2D eigenvalue weighted by atomic mass is 10.1. The van der Waals surface area contributed by atoms with Crippen LogP contribution in [0.4, 0.5) is 0 Å². The molecule has 122 valence electrons. The summed E-state index contributed by atoms with van der Waals surface area (Å²) in [5.74, 6) is -1.09. The molecular weight excluding hydrogens is 330 g/mol. The van der Waals surface area contributed by atoms with E-state index in [1.54, 1.807) is 55.5 Å². The van der Waals surface area contributed by atoms with Crippen molar-refractivity contribution >= 4 is 29.2 Å². The average molecular weight is 344 g/mol. The normalized spacial score (nSPS) is 17.1. The molecule has 0 saturated heterocycles. The van der Waals surface area contributed by atoms with Gasteiger partial charge in [0.1, 0.15) is 5.75 Å². The van der Waals surface area contributed by atoms with Crippen molar-refractivity contribution in [3.63, 3.8) is 0 Å². The molecule has 1 aliphatic rings. The number of hydrogen-bond donors (Lipinski definition) is 0. The van der Waals surface area contributed by atoms with E-state index >= 15 is 0 Å². The quantitative estimate of drug-likeness (QED) is 0.635. The van der Waals surface area contributed by atoms with Gasteiger partial charge in [0.15, 0.2) is 11.9 Å². The third kappa shape index (κ3) is 3.03. The van der Waals surface area contributed by atoms with Crippen molar-refractivity contribution in [3.05, 3.63) is 64.7 Å². The Bertz CT molecular complexity index is 816. The Labute approximate surface area is 143 Å². The Kier molecular flexibility index (Phi) is 4.36. The Hall–Kier alpha value is -2.66. The molecule has 0 aliphatic carbocycles. The maximum atomic E-state index is 12.7. The minimum Gasteiger partial charge on any atom is -0.480 e. The standard InChI is InChI=1S/C18H14ClNO4/c1-11-17(22)20(10-15(21)12-6-8-13(19)9-7-12)18(23)14-4-2-3-5-16(14)24-11/h2-9,11H,10H2,1H3. The van der Waals surface area contributed by atoms with Gasteiger partial charge in [-0.15, -0.1) is 0 Å². The Morgan fingerprint density at radius 1 is 1.12 bits per heavy atom. The molecular formula is C18H14ClNO4. The van der Waals surface area contributed by atoms with Gasteiger partial charge in [-0.3, -0.25) is 19.3 Å². The van der Waals surface area contributed by atoms with E-state index in [2.05, 4.69) is 0 Å². The van der Waals surface area contributed by atoms with Gasteiger partial charge in [0.05, 0.1) is 12.1 Å². The van der Waals surface area contributed by atoms with Gasteiger partial charge in [0.2, 0.25) is 0 Å². The van der Waals surface area contributed by atoms with E-state index in [0.29, 0.717) is 16.3 Å². The number of rotatable bonds is 3. The molecule has 3 rings (SSSR count). The fraction of sp³-hybridized carbons (Fsp3) is 0.167. The summed E-state index contributed by atoms with van der Waals surface area (Å²) >= 11 is 5.81. The highest BCUT2D eigenvalue weighted by Gasteiger charge is 2.35. The van der Waals surface area contributed by atoms with Crippen LogP contribution in [0.15, 0.2) is 48.5 Å². The molecule has 2 aromatic rings. The zero-order valence-electron chi connectivity index (χ0n) is 12.9. The van der Waals surface area contributed by atoms with E-state index in [1.807, 2.05) is 0 Å². The van der Waals surface area contributed by atoms with Gasteiger partial charge in [-0.05, 0) is 43.3 Å². The first kappa shape index (κ1) is 16.2. The minimum atomic E-state index is -0.851. The molecule has 1 atom stereocenters. The van der Waals surface area contributed by atoms with Crippen LogP contribution in [-0.2, 0) is 4.79 Å². The molecule has 0 radical (unpaired) electrons. The summed E-state index contributed by atoms with van der Waals surface area (Å²) in [5, 5.41) is 0.504. The summed E-state index contributed by atoms with van der Waals surface area (Å²) < 4.78 is 5.53. The molecule has 0 saturated carbocycles. The summed E-state index contributed by atoms with van der Waals surface area (Å²) in [6.45, 7) is 1.21. The molecule has 5 nitrogen and oxygen atoms in total. The molecule has 1 heterocycles. The topological polar surface area (TPSA) is 63.7 Å². The molecule has 24 heavy (non-hydrogen) atoms. The highest BCUT2D eigenvalue weighted by Crippen LogP contribution is 2.25. The van der Waals surface area contributed by atoms with Gasteiger partial charge in [0, 0.05) is 10.6 Å². The van der Waals surface area contributed by atoms with Crippen LogP contribution in [0.25, 0.3) is 0 Å². The number of carbonyl (C=O) groups excluding carboxylic acids is 3. The van der Waals surface area contributed by atoms with Crippen LogP contribution < -0.4 is 4.74 Å². The lowest BCUT2D eigenvalue weighted by molar-refractivity contribution is -0.134. The smallest absolute Gasteiger partial charge is 0.270 e. The third-order valence-electron chi connectivity index (χ3n) is 3.75. The number of para-hydroxylation sites is 1. The number of ketones is 1. The predicted molar refractivity (Wildman–Crippen MR) is 88.4 cm³/mol. The maximum Gasteiger partial charge on any atom is 0.270 e. The highest BCUT2D eigenvalue weighted by atomic mass is 35.5. The number of fused-ring (bicyclic) bond motifs is 1. The van der Waals surface area contributed by atoms with E-state index < -0.39 is 17.9 Å². The van der Waals surface area contributed by atoms with Gasteiger partial charge in [-0.1, -0.05) is 23.7 Å². The monoisotopic (exact) mass is 343 g/mol. The summed E-state index contributed by atoms with van der Waals surface area (Å²) in [6, 6.07) is 12.9. The second kappa shape index (κ2) is 6.45. The first-order chi connectivity index (χ1) is 11.5. The number of ether oxygens (including phenoxy) is 1. The second-order valence-electron chi connectivity index (χ2n) is 5.42. The first-order valence-electron chi connectivity index (χ1n) is 7.37. The Morgan fingerprint density at radius 2 is 1.79 bits per heavy atom. The molecule has 0 aromatic heterocycles. The lowest BCUT2D eigenvalue weighted by Gasteiger charge is -2.19. The van der Waals surface area contributed by atoms with Crippen molar-refractivity contribution in [1.82, 2.24) is 4.90 Å². The van der Waals surface area contributed by atoms with Crippen molar-refractivity contribution < 1.29 is 19.1 Å². The fourth-order valence-electron chi connectivity index (χ4n) is 2.47. The van der Waals surface area contributed by atoms with Crippen LogP contribution in [0, 0.1) is 0 Å². The number of amides is 2. The number of hydrogen-bond acceptors (Lipinski definition) is 4. The Morgan fingerprint density at radius 3 is 2.50 bits per heavy atom. The molecule has 2 aromatic carbocycles. The number of nitrogens with zero attached hydrogens (tertiary/aromatic N) is 1. The van der Waals surface area contributed by atoms with E-state index in [1.165, 1.54) is 0 Å². The fourth-order valence-corrected chi connectivity index (χ4v) is 2.60. The van der Waals surface area contributed by atoms with Crippen LogP contribution in [0.1, 0.15) is 27.6 Å². The number of Topliss-reactive ketones (excluding diaryl/α,β-unsaturated/α-hetero) is 1. The second-order valence-corrected chi connectivity index (χ2v) is 5.85. The van der Waals surface area contributed by atoms with Gasteiger partial charge < -0.3 is 4.74 Å². The van der Waals surface area contributed by atoms with Gasteiger partial charge in [-0.2, -0.15) is 0 Å². The SMILES string of the molecule is CC1Oc2ccccc2C(=O)N(CC(=O)c2ccc(Cl)cc2)C1=O. The molecule has 1 aliphatic heterocycles. The van der Waals surface area contributed by atoms with Crippen LogP contribution in [0.3, 0.4) is 0 Å². The van der Waals surface area contributed by atoms with Gasteiger partial charge in [-0.25, -0.2) is 0 Å². The predicted octanol–water partition coefficient (Wildman–Crippen LogP) is 2.97. The number of halogens is 1. The van der Waals surface area contributed by atoms with Crippen LogP contribution in [0.2, 0.25) is 5.02 Å². The molecule has 2 amide bonds.